The Balaban J connectivity index is 0.00000220. The molecular formula is C16H18Cl2FNO. The lowest BCUT2D eigenvalue weighted by Crippen LogP contribution is -2.30. The highest BCUT2D eigenvalue weighted by Gasteiger charge is 2.22. The number of nitrogens with one attached hydrogen (secondary N) is 1. The van der Waals surface area contributed by atoms with E-state index in [1.807, 2.05) is 18.2 Å². The lowest BCUT2D eigenvalue weighted by molar-refractivity contribution is 0.156. The molecule has 2 aromatic rings. The fraction of sp³-hybridized carbons (Fsp3) is 0.250. The molecule has 0 amide bonds. The molecule has 0 aromatic heterocycles. The monoisotopic (exact) mass is 329 g/mol. The number of benzene rings is 2. The Bertz CT molecular complexity index is 562. The van der Waals surface area contributed by atoms with Gasteiger partial charge < -0.3 is 10.4 Å². The average molecular weight is 330 g/mol. The van der Waals surface area contributed by atoms with Gasteiger partial charge >= 0.3 is 0 Å². The molecule has 2 aromatic carbocycles. The quantitative estimate of drug-likeness (QED) is 0.878. The van der Waals surface area contributed by atoms with Crippen LogP contribution in [0.25, 0.3) is 0 Å². The van der Waals surface area contributed by atoms with Crippen molar-refractivity contribution in [3.8, 4) is 0 Å². The molecule has 0 heterocycles. The minimum absolute atomic E-state index is 0. The number of aliphatic hydroxyl groups excluding tert-OH is 1. The van der Waals surface area contributed by atoms with Crippen LogP contribution in [0, 0.1) is 5.82 Å². The fourth-order valence-electron chi connectivity index (χ4n) is 2.33. The second-order valence-corrected chi connectivity index (χ2v) is 5.15. The molecule has 0 bridgehead atoms. The maximum Gasteiger partial charge on any atom is 0.123 e. The maximum absolute atomic E-state index is 13.1. The van der Waals surface area contributed by atoms with Crippen LogP contribution in [-0.2, 0) is 0 Å². The van der Waals surface area contributed by atoms with E-state index in [1.165, 1.54) is 12.1 Å². The average Bonchev–Trinajstić information content (AvgIpc) is 2.42. The van der Waals surface area contributed by atoms with Crippen LogP contribution in [0.15, 0.2) is 48.5 Å². The van der Waals surface area contributed by atoms with Crippen molar-refractivity contribution in [3.05, 3.63) is 70.5 Å². The van der Waals surface area contributed by atoms with Gasteiger partial charge in [0.1, 0.15) is 5.82 Å². The third-order valence-electron chi connectivity index (χ3n) is 3.23. The zero-order chi connectivity index (χ0) is 14.5. The molecule has 2 rings (SSSR count). The molecule has 5 heteroatoms. The van der Waals surface area contributed by atoms with Crippen molar-refractivity contribution in [2.24, 2.45) is 0 Å². The highest BCUT2D eigenvalue weighted by atomic mass is 35.5. The summed E-state index contributed by atoms with van der Waals surface area (Å²) in [5.74, 6) is -0.538. The molecule has 114 valence electrons. The fourth-order valence-corrected chi connectivity index (χ4v) is 2.53. The third-order valence-corrected chi connectivity index (χ3v) is 3.47. The van der Waals surface area contributed by atoms with Crippen LogP contribution in [0.3, 0.4) is 0 Å². The van der Waals surface area contributed by atoms with Crippen molar-refractivity contribution in [3.63, 3.8) is 0 Å². The van der Waals surface area contributed by atoms with Crippen molar-refractivity contribution in [2.45, 2.75) is 12.0 Å². The van der Waals surface area contributed by atoms with Crippen LogP contribution in [0.5, 0.6) is 0 Å². The maximum atomic E-state index is 13.1. The van der Waals surface area contributed by atoms with Gasteiger partial charge in [-0.15, -0.1) is 12.4 Å². The molecule has 0 aliphatic carbocycles. The Morgan fingerprint density at radius 1 is 1.14 bits per heavy atom. The van der Waals surface area contributed by atoms with Crippen LogP contribution in [-0.4, -0.2) is 24.8 Å². The molecular weight excluding hydrogens is 312 g/mol. The Hall–Kier alpha value is -1.13. The van der Waals surface area contributed by atoms with Crippen molar-refractivity contribution < 1.29 is 9.50 Å². The number of hydrogen-bond donors (Lipinski definition) is 2. The van der Waals surface area contributed by atoms with Gasteiger partial charge in [-0.1, -0.05) is 35.9 Å². The van der Waals surface area contributed by atoms with Gasteiger partial charge in [-0.3, -0.25) is 0 Å². The first-order valence-electron chi connectivity index (χ1n) is 6.45. The number of aliphatic hydroxyl groups is 1. The van der Waals surface area contributed by atoms with E-state index in [4.69, 9.17) is 11.6 Å². The van der Waals surface area contributed by atoms with E-state index in [2.05, 4.69) is 5.32 Å². The van der Waals surface area contributed by atoms with E-state index in [1.54, 1.807) is 25.2 Å². The minimum atomic E-state index is -0.621. The molecule has 21 heavy (non-hydrogen) atoms. The zero-order valence-electron chi connectivity index (χ0n) is 11.6. The molecule has 2 nitrogen and oxygen atoms in total. The Morgan fingerprint density at radius 2 is 1.81 bits per heavy atom. The van der Waals surface area contributed by atoms with Gasteiger partial charge in [-0.25, -0.2) is 4.39 Å². The van der Waals surface area contributed by atoms with Gasteiger partial charge in [-0.2, -0.15) is 0 Å². The zero-order valence-corrected chi connectivity index (χ0v) is 13.2. The first-order valence-corrected chi connectivity index (χ1v) is 6.83. The molecule has 0 saturated heterocycles. The number of rotatable bonds is 5. The number of likely N-dealkylation sites (N-methyl/N-ethyl adjacent to an activating group) is 1. The molecule has 2 atom stereocenters. The number of halogens is 3. The van der Waals surface area contributed by atoms with Crippen LogP contribution >= 0.6 is 24.0 Å². The van der Waals surface area contributed by atoms with E-state index < -0.39 is 6.10 Å². The molecule has 0 saturated carbocycles. The minimum Gasteiger partial charge on any atom is -0.391 e. The van der Waals surface area contributed by atoms with Crippen LogP contribution in [0.2, 0.25) is 5.02 Å². The highest BCUT2D eigenvalue weighted by molar-refractivity contribution is 6.30. The summed E-state index contributed by atoms with van der Waals surface area (Å²) in [5.41, 5.74) is 1.77. The van der Waals surface area contributed by atoms with E-state index in [0.717, 1.165) is 11.1 Å². The van der Waals surface area contributed by atoms with Crippen molar-refractivity contribution >= 4 is 24.0 Å². The van der Waals surface area contributed by atoms with Crippen molar-refractivity contribution in [1.29, 1.82) is 0 Å². The van der Waals surface area contributed by atoms with Gasteiger partial charge in [0, 0.05) is 17.5 Å². The first kappa shape index (κ1) is 17.9. The second-order valence-electron chi connectivity index (χ2n) is 4.71. The van der Waals surface area contributed by atoms with Gasteiger partial charge in [0.05, 0.1) is 6.10 Å². The predicted molar refractivity (Wildman–Crippen MR) is 86.9 cm³/mol. The molecule has 2 unspecified atom stereocenters. The smallest absolute Gasteiger partial charge is 0.123 e. The Labute approximate surface area is 135 Å². The standard InChI is InChI=1S/C16H17ClFNO.ClH/c1-19-10-15(20)16(11-5-7-14(18)8-6-11)12-3-2-4-13(17)9-12;/h2-9,15-16,19-20H,10H2,1H3;1H. The largest absolute Gasteiger partial charge is 0.391 e. The van der Waals surface area contributed by atoms with Gasteiger partial charge in [0.15, 0.2) is 0 Å². The van der Waals surface area contributed by atoms with E-state index >= 15 is 0 Å². The third kappa shape index (κ3) is 4.68. The summed E-state index contributed by atoms with van der Waals surface area (Å²) >= 11 is 6.03. The molecule has 0 radical (unpaired) electrons. The molecule has 0 fully saturated rings. The molecule has 0 aliphatic heterocycles. The predicted octanol–water partition coefficient (Wildman–Crippen LogP) is 3.61. The van der Waals surface area contributed by atoms with Crippen LogP contribution in [0.4, 0.5) is 4.39 Å². The highest BCUT2D eigenvalue weighted by Crippen LogP contribution is 2.29. The summed E-state index contributed by atoms with van der Waals surface area (Å²) in [6, 6.07) is 13.6. The van der Waals surface area contributed by atoms with Crippen LogP contribution in [0.1, 0.15) is 17.0 Å². The summed E-state index contributed by atoms with van der Waals surface area (Å²) < 4.78 is 13.1. The Kier molecular flexibility index (Phi) is 7.12. The Morgan fingerprint density at radius 3 is 2.38 bits per heavy atom. The molecule has 0 spiro atoms. The topological polar surface area (TPSA) is 32.3 Å². The number of hydrogen-bond acceptors (Lipinski definition) is 2. The lowest BCUT2D eigenvalue weighted by atomic mass is 9.86. The van der Waals surface area contributed by atoms with Crippen molar-refractivity contribution in [1.82, 2.24) is 5.32 Å². The summed E-state index contributed by atoms with van der Waals surface area (Å²) in [6.07, 6.45) is -0.621. The van der Waals surface area contributed by atoms with Gasteiger partial charge in [-0.05, 0) is 42.4 Å². The van der Waals surface area contributed by atoms with Crippen molar-refractivity contribution in [2.75, 3.05) is 13.6 Å². The van der Waals surface area contributed by atoms with Gasteiger partial charge in [0.2, 0.25) is 0 Å². The van der Waals surface area contributed by atoms with E-state index in [9.17, 15) is 9.50 Å². The van der Waals surface area contributed by atoms with E-state index in [-0.39, 0.29) is 24.1 Å². The second kappa shape index (κ2) is 8.35. The summed E-state index contributed by atoms with van der Waals surface area (Å²) in [6.45, 7) is 0.439. The molecule has 2 N–H and O–H groups in total. The summed E-state index contributed by atoms with van der Waals surface area (Å²) in [7, 11) is 1.78. The summed E-state index contributed by atoms with van der Waals surface area (Å²) in [4.78, 5) is 0. The molecule has 0 aliphatic rings. The van der Waals surface area contributed by atoms with Gasteiger partial charge in [0.25, 0.3) is 0 Å². The normalized spacial score (nSPS) is 13.3. The lowest BCUT2D eigenvalue weighted by Gasteiger charge is -2.24. The SMILES string of the molecule is CNCC(O)C(c1ccc(F)cc1)c1cccc(Cl)c1.Cl. The first-order chi connectivity index (χ1) is 9.61. The van der Waals surface area contributed by atoms with Crippen LogP contribution < -0.4 is 5.32 Å². The van der Waals surface area contributed by atoms with E-state index in [0.29, 0.717) is 11.6 Å². The summed E-state index contributed by atoms with van der Waals surface area (Å²) in [5, 5.41) is 13.9.